The first-order valence-corrected chi connectivity index (χ1v) is 13.2. The predicted octanol–water partition coefficient (Wildman–Crippen LogP) is 0.838. The van der Waals surface area contributed by atoms with Crippen molar-refractivity contribution in [3.8, 4) is 0 Å². The fourth-order valence-corrected chi connectivity index (χ4v) is 3.54. The van der Waals surface area contributed by atoms with E-state index in [1.165, 1.54) is 29.2 Å². The van der Waals surface area contributed by atoms with Gasteiger partial charge < -0.3 is 21.5 Å². The molecule has 212 valence electrons. The number of sulfonamides is 1. The highest BCUT2D eigenvalue weighted by Gasteiger charge is 2.31. The highest BCUT2D eigenvalue weighted by Crippen LogP contribution is 2.22. The number of hydrogen-bond donors (Lipinski definition) is 6. The Morgan fingerprint density at radius 1 is 1.13 bits per heavy atom. The highest BCUT2D eigenvalue weighted by molar-refractivity contribution is 7.88. The second-order valence-electron chi connectivity index (χ2n) is 8.00. The molecule has 0 unspecified atom stereocenters. The van der Waals surface area contributed by atoms with Crippen molar-refractivity contribution in [2.45, 2.75) is 25.8 Å². The van der Waals surface area contributed by atoms with Gasteiger partial charge in [0.1, 0.15) is 6.04 Å². The molecule has 16 heteroatoms. The Kier molecular flexibility index (Phi) is 13.0. The van der Waals surface area contributed by atoms with Gasteiger partial charge in [0.05, 0.1) is 17.7 Å². The number of carboxylic acid groups (broad SMARTS) is 1. The zero-order valence-corrected chi connectivity index (χ0v) is 22.1. The van der Waals surface area contributed by atoms with E-state index in [1.54, 1.807) is 30.3 Å². The number of anilines is 2. The van der Waals surface area contributed by atoms with E-state index in [1.807, 2.05) is 0 Å². The fourth-order valence-electron chi connectivity index (χ4n) is 3.15. The lowest BCUT2D eigenvalue weighted by Crippen LogP contribution is -2.51. The van der Waals surface area contributed by atoms with Crippen LogP contribution in [0.15, 0.2) is 54.6 Å². The number of aliphatic carboxylic acids is 1. The molecule has 1 atom stereocenters. The molecule has 0 saturated carbocycles. The normalized spacial score (nSPS) is 11.2. The van der Waals surface area contributed by atoms with Gasteiger partial charge in [0.2, 0.25) is 21.8 Å². The number of benzene rings is 2. The zero-order chi connectivity index (χ0) is 29.6. The van der Waals surface area contributed by atoms with Gasteiger partial charge in [-0.3, -0.25) is 34.8 Å². The van der Waals surface area contributed by atoms with Crippen molar-refractivity contribution >= 4 is 50.8 Å². The van der Waals surface area contributed by atoms with Crippen LogP contribution in [0.3, 0.4) is 0 Å². The number of nitrogens with two attached hydrogens (primary N) is 1. The van der Waals surface area contributed by atoms with Crippen molar-refractivity contribution in [2.24, 2.45) is 5.73 Å². The minimum atomic E-state index is -3.67. The van der Waals surface area contributed by atoms with E-state index in [0.717, 1.165) is 13.2 Å². The number of rotatable bonds is 12. The zero-order valence-electron chi connectivity index (χ0n) is 21.3. The Hall–Kier alpha value is -4.57. The van der Waals surface area contributed by atoms with Crippen LogP contribution in [-0.4, -0.2) is 67.6 Å². The molecular weight excluding hydrogens is 534 g/mol. The molecule has 0 spiro atoms. The van der Waals surface area contributed by atoms with Crippen LogP contribution < -0.4 is 26.0 Å². The third-order valence-electron chi connectivity index (χ3n) is 4.72. The van der Waals surface area contributed by atoms with Crippen LogP contribution in [0.1, 0.15) is 19.8 Å². The third kappa shape index (κ3) is 13.0. The van der Waals surface area contributed by atoms with E-state index in [0.29, 0.717) is 12.1 Å². The molecule has 15 nitrogen and oxygen atoms in total. The molecule has 0 aliphatic rings. The predicted molar refractivity (Wildman–Crippen MR) is 145 cm³/mol. The number of amides is 2. The van der Waals surface area contributed by atoms with Gasteiger partial charge in [-0.05, 0) is 37.1 Å². The molecule has 0 aromatic heterocycles. The lowest BCUT2D eigenvalue weighted by atomic mass is 10.1. The highest BCUT2D eigenvalue weighted by atomic mass is 32.2. The summed E-state index contributed by atoms with van der Waals surface area (Å²) in [7, 11) is -3.67. The molecule has 0 bridgehead atoms. The monoisotopic (exact) mass is 565 g/mol. The molecule has 0 aliphatic carbocycles. The summed E-state index contributed by atoms with van der Waals surface area (Å²) in [5.41, 5.74) is 5.80. The van der Waals surface area contributed by atoms with E-state index in [4.69, 9.17) is 21.0 Å². The summed E-state index contributed by atoms with van der Waals surface area (Å²) < 4.78 is 25.2. The van der Waals surface area contributed by atoms with Gasteiger partial charge in [-0.2, -0.15) is 0 Å². The minimum Gasteiger partial charge on any atom is -0.481 e. The van der Waals surface area contributed by atoms with Crippen LogP contribution in [0.4, 0.5) is 17.1 Å². The molecular formula is C23H31N7O8S. The summed E-state index contributed by atoms with van der Waals surface area (Å²) in [6, 6.07) is 12.4. The van der Waals surface area contributed by atoms with Crippen molar-refractivity contribution in [1.82, 2.24) is 10.0 Å². The Morgan fingerprint density at radius 3 is 2.18 bits per heavy atom. The number of carbonyl (C=O) groups is 3. The fraction of sp³-hybridized carbons (Fsp3) is 0.304. The van der Waals surface area contributed by atoms with Gasteiger partial charge in [-0.1, -0.05) is 18.2 Å². The third-order valence-corrected chi connectivity index (χ3v) is 5.39. The first-order valence-electron chi connectivity index (χ1n) is 11.4. The maximum atomic E-state index is 13.3. The van der Waals surface area contributed by atoms with E-state index < -0.39 is 45.3 Å². The molecule has 2 aromatic carbocycles. The molecule has 0 aliphatic heterocycles. The molecule has 2 amide bonds. The van der Waals surface area contributed by atoms with E-state index >= 15 is 0 Å². The van der Waals surface area contributed by atoms with E-state index in [2.05, 4.69) is 15.4 Å². The number of nitro benzene ring substituents is 1. The SMILES string of the molecule is CC(=O)O.CS(=O)(=O)NCC(=O)N(c1ccccc1)[C@@H](CCCNC(=N)N)C(=O)Nc1ccc([N+](=O)[O-])cc1. The summed E-state index contributed by atoms with van der Waals surface area (Å²) in [5.74, 6) is -2.33. The van der Waals surface area contributed by atoms with Gasteiger partial charge in [0, 0.05) is 37.0 Å². The van der Waals surface area contributed by atoms with Crippen molar-refractivity contribution < 1.29 is 32.8 Å². The molecule has 0 fully saturated rings. The first-order chi connectivity index (χ1) is 18.2. The number of guanidine groups is 1. The van der Waals surface area contributed by atoms with Gasteiger partial charge in [-0.15, -0.1) is 0 Å². The minimum absolute atomic E-state index is 0.138. The molecule has 2 aromatic rings. The summed E-state index contributed by atoms with van der Waals surface area (Å²) in [6.07, 6.45) is 1.39. The van der Waals surface area contributed by atoms with Gasteiger partial charge in [-0.25, -0.2) is 13.1 Å². The second kappa shape index (κ2) is 15.6. The van der Waals surface area contributed by atoms with Crippen LogP contribution in [0.25, 0.3) is 0 Å². The maximum absolute atomic E-state index is 13.3. The number of nitrogens with zero attached hydrogens (tertiary/aromatic N) is 2. The quantitative estimate of drug-likeness (QED) is 0.0696. The number of carboxylic acids is 1. The maximum Gasteiger partial charge on any atom is 0.300 e. The second-order valence-corrected chi connectivity index (χ2v) is 9.84. The van der Waals surface area contributed by atoms with Crippen molar-refractivity contribution in [3.05, 3.63) is 64.7 Å². The van der Waals surface area contributed by atoms with E-state index in [9.17, 15) is 28.1 Å². The van der Waals surface area contributed by atoms with E-state index in [-0.39, 0.29) is 30.3 Å². The van der Waals surface area contributed by atoms with Gasteiger partial charge in [0.15, 0.2) is 5.96 Å². The Morgan fingerprint density at radius 2 is 1.69 bits per heavy atom. The molecule has 39 heavy (non-hydrogen) atoms. The average Bonchev–Trinajstić information content (AvgIpc) is 2.84. The summed E-state index contributed by atoms with van der Waals surface area (Å²) in [4.78, 5) is 47.0. The standard InChI is InChI=1S/C21H27N7O6S.C2H4O2/c1-35(33,34)25-14-19(29)27(16-6-3-2-4-7-16)18(8-5-13-24-21(22)23)20(30)26-15-9-11-17(12-10-15)28(31)32;1-2(3)4/h2-4,6-7,9-12,18,25H,5,8,13-14H2,1H3,(H,26,30)(H4,22,23,24);1H3,(H,3,4)/t18-;/m0./s1. The smallest absolute Gasteiger partial charge is 0.300 e. The number of para-hydroxylation sites is 1. The van der Waals surface area contributed by atoms with Crippen LogP contribution in [0.2, 0.25) is 0 Å². The molecule has 0 heterocycles. The number of nitrogens with one attached hydrogen (secondary N) is 4. The Bertz CT molecular complexity index is 1250. The number of hydrogen-bond acceptors (Lipinski definition) is 8. The van der Waals surface area contributed by atoms with Crippen LogP contribution in [0, 0.1) is 15.5 Å². The van der Waals surface area contributed by atoms with Gasteiger partial charge >= 0.3 is 0 Å². The van der Waals surface area contributed by atoms with Crippen molar-refractivity contribution in [3.63, 3.8) is 0 Å². The largest absolute Gasteiger partial charge is 0.481 e. The lowest BCUT2D eigenvalue weighted by molar-refractivity contribution is -0.384. The Balaban J connectivity index is 0.00000177. The summed E-state index contributed by atoms with van der Waals surface area (Å²) in [6.45, 7) is 0.774. The van der Waals surface area contributed by atoms with Crippen LogP contribution in [0.5, 0.6) is 0 Å². The number of non-ortho nitro benzene ring substituents is 1. The number of nitro groups is 1. The van der Waals surface area contributed by atoms with Crippen LogP contribution >= 0.6 is 0 Å². The molecule has 0 radical (unpaired) electrons. The van der Waals surface area contributed by atoms with Crippen LogP contribution in [-0.2, 0) is 24.4 Å². The topological polar surface area (TPSA) is 238 Å². The number of carbonyl (C=O) groups excluding carboxylic acids is 2. The van der Waals surface area contributed by atoms with Crippen molar-refractivity contribution in [2.75, 3.05) is 29.6 Å². The summed E-state index contributed by atoms with van der Waals surface area (Å²) >= 11 is 0. The van der Waals surface area contributed by atoms with Gasteiger partial charge in [0.25, 0.3) is 11.7 Å². The average molecular weight is 566 g/mol. The first kappa shape index (κ1) is 32.5. The molecule has 7 N–H and O–H groups in total. The molecule has 0 saturated heterocycles. The molecule has 2 rings (SSSR count). The lowest BCUT2D eigenvalue weighted by Gasteiger charge is -2.31. The Labute approximate surface area is 225 Å². The summed E-state index contributed by atoms with van der Waals surface area (Å²) in [5, 5.41) is 30.9. The van der Waals surface area contributed by atoms with Crippen molar-refractivity contribution in [1.29, 1.82) is 5.41 Å².